The van der Waals surface area contributed by atoms with Gasteiger partial charge in [-0.25, -0.2) is 4.98 Å². The van der Waals surface area contributed by atoms with E-state index in [-0.39, 0.29) is 0 Å². The summed E-state index contributed by atoms with van der Waals surface area (Å²) in [5.74, 6) is 0.797. The molecule has 4 heteroatoms. The van der Waals surface area contributed by atoms with Crippen LogP contribution in [0.5, 0.6) is 5.75 Å². The molecule has 0 saturated carbocycles. The first-order valence-corrected chi connectivity index (χ1v) is 6.38. The molecule has 0 N–H and O–H groups in total. The summed E-state index contributed by atoms with van der Waals surface area (Å²) in [7, 11) is 1.65. The Kier molecular flexibility index (Phi) is 3.21. The zero-order chi connectivity index (χ0) is 13.9. The summed E-state index contributed by atoms with van der Waals surface area (Å²) in [6.07, 6.45) is 5.77. The molecule has 3 rings (SSSR count). The van der Waals surface area contributed by atoms with E-state index < -0.39 is 0 Å². The second-order valence-electron chi connectivity index (χ2n) is 4.60. The first-order valence-electron chi connectivity index (χ1n) is 6.38. The molecule has 2 heterocycles. The smallest absolute Gasteiger partial charge is 0.137 e. The van der Waals surface area contributed by atoms with Crippen LogP contribution in [0.4, 0.5) is 5.69 Å². The Morgan fingerprint density at radius 3 is 2.95 bits per heavy atom. The Morgan fingerprint density at radius 1 is 1.20 bits per heavy atom. The molecule has 1 aromatic carbocycles. The normalized spacial score (nSPS) is 11.3. The van der Waals surface area contributed by atoms with Gasteiger partial charge in [0.25, 0.3) is 0 Å². The zero-order valence-corrected chi connectivity index (χ0v) is 11.4. The lowest BCUT2D eigenvalue weighted by Crippen LogP contribution is -1.82. The minimum atomic E-state index is 0.797. The molecule has 0 aliphatic heterocycles. The van der Waals surface area contributed by atoms with Crippen molar-refractivity contribution in [2.45, 2.75) is 6.92 Å². The van der Waals surface area contributed by atoms with E-state index in [9.17, 15) is 0 Å². The molecule has 2 aromatic heterocycles. The summed E-state index contributed by atoms with van der Waals surface area (Å²) in [6, 6.07) is 11.7. The van der Waals surface area contributed by atoms with E-state index in [0.717, 1.165) is 22.8 Å². The number of hydrogen-bond acceptors (Lipinski definition) is 3. The van der Waals surface area contributed by atoms with Crippen LogP contribution in [0.25, 0.3) is 5.65 Å². The fraction of sp³-hybridized carbons (Fsp3) is 0.125. The highest BCUT2D eigenvalue weighted by Gasteiger charge is 1.99. The van der Waals surface area contributed by atoms with Gasteiger partial charge in [0.2, 0.25) is 0 Å². The molecule has 0 aliphatic rings. The molecule has 0 unspecified atom stereocenters. The standard InChI is InChI=1S/C16H15N3O/c1-12-6-7-16-18-14(11-19(16)10-12)9-17-13-4-3-5-15(8-13)20-2/h3-11H,1-2H3/b17-9+. The SMILES string of the molecule is COc1cccc(/N=C/c2cn3cc(C)ccc3n2)c1. The van der Waals surface area contributed by atoms with E-state index in [1.54, 1.807) is 13.3 Å². The van der Waals surface area contributed by atoms with Crippen LogP contribution < -0.4 is 4.74 Å². The van der Waals surface area contributed by atoms with E-state index in [4.69, 9.17) is 4.74 Å². The third-order valence-corrected chi connectivity index (χ3v) is 3.02. The Labute approximate surface area is 117 Å². The van der Waals surface area contributed by atoms with Crippen LogP contribution in [0, 0.1) is 6.92 Å². The van der Waals surface area contributed by atoms with E-state index in [2.05, 4.69) is 16.9 Å². The second kappa shape index (κ2) is 5.17. The highest BCUT2D eigenvalue weighted by Crippen LogP contribution is 2.19. The van der Waals surface area contributed by atoms with Crippen molar-refractivity contribution < 1.29 is 4.74 Å². The maximum atomic E-state index is 5.17. The van der Waals surface area contributed by atoms with Crippen molar-refractivity contribution >= 4 is 17.5 Å². The maximum absolute atomic E-state index is 5.17. The van der Waals surface area contributed by atoms with Crippen molar-refractivity contribution in [3.8, 4) is 5.75 Å². The molecule has 100 valence electrons. The highest BCUT2D eigenvalue weighted by molar-refractivity contribution is 5.80. The Morgan fingerprint density at radius 2 is 2.10 bits per heavy atom. The van der Waals surface area contributed by atoms with Crippen LogP contribution in [0.3, 0.4) is 0 Å². The van der Waals surface area contributed by atoms with Gasteiger partial charge < -0.3 is 9.14 Å². The fourth-order valence-corrected chi connectivity index (χ4v) is 2.02. The lowest BCUT2D eigenvalue weighted by atomic mass is 10.3. The van der Waals surface area contributed by atoms with E-state index in [1.807, 2.05) is 53.2 Å². The number of aliphatic imine (C=N–C) groups is 1. The van der Waals surface area contributed by atoms with Crippen LogP contribution in [0.2, 0.25) is 0 Å². The van der Waals surface area contributed by atoms with Gasteiger partial charge in [0.1, 0.15) is 17.1 Å². The van der Waals surface area contributed by atoms with Crippen molar-refractivity contribution in [3.63, 3.8) is 0 Å². The monoisotopic (exact) mass is 265 g/mol. The number of ether oxygens (including phenoxy) is 1. The van der Waals surface area contributed by atoms with Crippen LogP contribution in [-0.2, 0) is 0 Å². The summed E-state index contributed by atoms with van der Waals surface area (Å²) < 4.78 is 7.18. The topological polar surface area (TPSA) is 38.9 Å². The number of hydrogen-bond donors (Lipinski definition) is 0. The molecule has 0 aliphatic carbocycles. The predicted molar refractivity (Wildman–Crippen MR) is 80.2 cm³/mol. The summed E-state index contributed by atoms with van der Waals surface area (Å²) in [4.78, 5) is 8.92. The molecule has 20 heavy (non-hydrogen) atoms. The molecular weight excluding hydrogens is 250 g/mol. The largest absolute Gasteiger partial charge is 0.497 e. The van der Waals surface area contributed by atoms with Crippen LogP contribution in [0.1, 0.15) is 11.3 Å². The Bertz CT molecular complexity index is 774. The van der Waals surface area contributed by atoms with Crippen LogP contribution in [-0.4, -0.2) is 22.7 Å². The fourth-order valence-electron chi connectivity index (χ4n) is 2.02. The van der Waals surface area contributed by atoms with E-state index in [0.29, 0.717) is 0 Å². The Hall–Kier alpha value is -2.62. The van der Waals surface area contributed by atoms with E-state index >= 15 is 0 Å². The lowest BCUT2D eigenvalue weighted by molar-refractivity contribution is 0.415. The third kappa shape index (κ3) is 2.54. The number of rotatable bonds is 3. The van der Waals surface area contributed by atoms with Crippen molar-refractivity contribution in [1.29, 1.82) is 0 Å². The van der Waals surface area contributed by atoms with Crippen molar-refractivity contribution in [1.82, 2.24) is 9.38 Å². The number of imidazole rings is 1. The van der Waals surface area contributed by atoms with Gasteiger partial charge in [-0.2, -0.15) is 0 Å². The molecule has 0 fully saturated rings. The molecule has 0 saturated heterocycles. The number of aromatic nitrogens is 2. The number of nitrogens with zero attached hydrogens (tertiary/aromatic N) is 3. The minimum Gasteiger partial charge on any atom is -0.497 e. The average Bonchev–Trinajstić information content (AvgIpc) is 2.87. The lowest BCUT2D eigenvalue weighted by Gasteiger charge is -1.98. The quantitative estimate of drug-likeness (QED) is 0.681. The maximum Gasteiger partial charge on any atom is 0.137 e. The second-order valence-corrected chi connectivity index (χ2v) is 4.60. The minimum absolute atomic E-state index is 0.797. The van der Waals surface area contributed by atoms with Gasteiger partial charge in [-0.1, -0.05) is 12.1 Å². The van der Waals surface area contributed by atoms with Crippen molar-refractivity contribution in [3.05, 3.63) is 60.0 Å². The molecule has 0 spiro atoms. The zero-order valence-electron chi connectivity index (χ0n) is 11.4. The van der Waals surface area contributed by atoms with Gasteiger partial charge >= 0.3 is 0 Å². The summed E-state index contributed by atoms with van der Waals surface area (Å²) in [5.41, 5.74) is 3.80. The van der Waals surface area contributed by atoms with Gasteiger partial charge in [0.15, 0.2) is 0 Å². The van der Waals surface area contributed by atoms with Gasteiger partial charge in [-0.3, -0.25) is 4.99 Å². The Balaban J connectivity index is 1.89. The van der Waals surface area contributed by atoms with Gasteiger partial charge in [0, 0.05) is 18.5 Å². The first-order chi connectivity index (χ1) is 9.74. The molecule has 4 nitrogen and oxygen atoms in total. The average molecular weight is 265 g/mol. The molecule has 3 aromatic rings. The molecule has 0 radical (unpaired) electrons. The number of pyridine rings is 1. The summed E-state index contributed by atoms with van der Waals surface area (Å²) in [5, 5.41) is 0. The van der Waals surface area contributed by atoms with Gasteiger partial charge in [-0.15, -0.1) is 0 Å². The summed E-state index contributed by atoms with van der Waals surface area (Å²) >= 11 is 0. The van der Waals surface area contributed by atoms with Gasteiger partial charge in [-0.05, 0) is 30.7 Å². The first kappa shape index (κ1) is 12.4. The van der Waals surface area contributed by atoms with Crippen LogP contribution in [0.15, 0.2) is 53.8 Å². The number of aryl methyl sites for hydroxylation is 1. The van der Waals surface area contributed by atoms with Crippen molar-refractivity contribution in [2.24, 2.45) is 4.99 Å². The van der Waals surface area contributed by atoms with Crippen molar-refractivity contribution in [2.75, 3.05) is 7.11 Å². The predicted octanol–water partition coefficient (Wildman–Crippen LogP) is 3.40. The number of methoxy groups -OCH3 is 1. The third-order valence-electron chi connectivity index (χ3n) is 3.02. The number of benzene rings is 1. The highest BCUT2D eigenvalue weighted by atomic mass is 16.5. The molecule has 0 amide bonds. The van der Waals surface area contributed by atoms with Gasteiger partial charge in [0.05, 0.1) is 19.0 Å². The summed E-state index contributed by atoms with van der Waals surface area (Å²) in [6.45, 7) is 2.06. The molecular formula is C16H15N3O. The molecule has 0 bridgehead atoms. The molecule has 0 atom stereocenters. The number of fused-ring (bicyclic) bond motifs is 1. The van der Waals surface area contributed by atoms with E-state index in [1.165, 1.54) is 5.56 Å². The van der Waals surface area contributed by atoms with Crippen LogP contribution >= 0.6 is 0 Å².